The molecule has 2 atom stereocenters. The molecule has 3 heteroatoms. The summed E-state index contributed by atoms with van der Waals surface area (Å²) in [5, 5.41) is 5.45. The van der Waals surface area contributed by atoms with Gasteiger partial charge in [0.2, 0.25) is 0 Å². The van der Waals surface area contributed by atoms with Crippen molar-refractivity contribution in [2.75, 3.05) is 0 Å². The van der Waals surface area contributed by atoms with Crippen LogP contribution in [0.1, 0.15) is 73.9 Å². The van der Waals surface area contributed by atoms with Crippen molar-refractivity contribution >= 4 is 11.3 Å². The Balaban J connectivity index is 1.65. The minimum atomic E-state index is 0.223. The summed E-state index contributed by atoms with van der Waals surface area (Å²) in [7, 11) is 0. The van der Waals surface area contributed by atoms with Crippen LogP contribution in [0.4, 0.5) is 0 Å². The highest BCUT2D eigenvalue weighted by Gasteiger charge is 2.41. The van der Waals surface area contributed by atoms with E-state index in [9.17, 15) is 0 Å². The Hall–Kier alpha value is -0.410. The smallest absolute Gasteiger partial charge is 0.113 e. The lowest BCUT2D eigenvalue weighted by atomic mass is 9.90. The van der Waals surface area contributed by atoms with E-state index in [0.29, 0.717) is 0 Å². The van der Waals surface area contributed by atoms with E-state index in [4.69, 9.17) is 4.98 Å². The molecule has 0 aliphatic heterocycles. The van der Waals surface area contributed by atoms with E-state index >= 15 is 0 Å². The van der Waals surface area contributed by atoms with Gasteiger partial charge >= 0.3 is 0 Å². The second-order valence-corrected chi connectivity index (χ2v) is 8.36. The van der Waals surface area contributed by atoms with Crippen LogP contribution in [0.15, 0.2) is 0 Å². The van der Waals surface area contributed by atoms with Crippen LogP contribution in [0.2, 0.25) is 0 Å². The Kier molecular flexibility index (Phi) is 3.38. The first kappa shape index (κ1) is 13.3. The number of rotatable bonds is 3. The molecule has 0 aromatic carbocycles. The lowest BCUT2D eigenvalue weighted by molar-refractivity contribution is 0.282. The van der Waals surface area contributed by atoms with E-state index in [1.807, 2.05) is 11.3 Å². The maximum atomic E-state index is 5.09. The first-order valence-electron chi connectivity index (χ1n) is 8.52. The number of nitrogens with one attached hydrogen (secondary N) is 1. The van der Waals surface area contributed by atoms with Gasteiger partial charge in [0.15, 0.2) is 0 Å². The molecule has 0 radical (unpaired) electrons. The van der Waals surface area contributed by atoms with Crippen LogP contribution in [-0.2, 0) is 18.4 Å². The van der Waals surface area contributed by atoms with Gasteiger partial charge in [-0.25, -0.2) is 4.98 Å². The molecule has 110 valence electrons. The highest BCUT2D eigenvalue weighted by Crippen LogP contribution is 2.43. The Morgan fingerprint density at radius 3 is 2.80 bits per heavy atom. The fourth-order valence-corrected chi connectivity index (χ4v) is 5.31. The van der Waals surface area contributed by atoms with Gasteiger partial charge in [0.1, 0.15) is 5.01 Å². The second kappa shape index (κ2) is 5.10. The standard InChI is InChI=1S/C17H26N2S/c1-12-4-3-10-17(11-9-12,19-13-7-8-13)16-18-14-5-2-6-15(14)20-16/h12-13,19H,2-11H2,1H3. The number of nitrogens with zero attached hydrogens (tertiary/aromatic N) is 1. The number of aromatic nitrogens is 1. The predicted octanol–water partition coefficient (Wildman–Crippen LogP) is 4.18. The molecule has 2 saturated carbocycles. The van der Waals surface area contributed by atoms with Gasteiger partial charge in [-0.3, -0.25) is 0 Å². The van der Waals surface area contributed by atoms with Crippen LogP contribution in [0.5, 0.6) is 0 Å². The molecular formula is C17H26N2S. The van der Waals surface area contributed by atoms with Crippen molar-refractivity contribution in [2.45, 2.75) is 82.7 Å². The summed E-state index contributed by atoms with van der Waals surface area (Å²) in [6.07, 6.45) is 13.3. The van der Waals surface area contributed by atoms with Crippen LogP contribution >= 0.6 is 11.3 Å². The van der Waals surface area contributed by atoms with Crippen molar-refractivity contribution < 1.29 is 0 Å². The zero-order valence-corrected chi connectivity index (χ0v) is 13.4. The lowest BCUT2D eigenvalue weighted by Crippen LogP contribution is -2.43. The van der Waals surface area contributed by atoms with Gasteiger partial charge < -0.3 is 5.32 Å². The van der Waals surface area contributed by atoms with Gasteiger partial charge in [0.05, 0.1) is 11.2 Å². The molecule has 1 heterocycles. The molecule has 2 nitrogen and oxygen atoms in total. The molecule has 2 fully saturated rings. The van der Waals surface area contributed by atoms with E-state index < -0.39 is 0 Å². The summed E-state index contributed by atoms with van der Waals surface area (Å²) in [6, 6.07) is 0.780. The highest BCUT2D eigenvalue weighted by molar-refractivity contribution is 7.12. The van der Waals surface area contributed by atoms with Crippen LogP contribution in [0.3, 0.4) is 0 Å². The summed E-state index contributed by atoms with van der Waals surface area (Å²) < 4.78 is 0. The molecule has 0 saturated heterocycles. The van der Waals surface area contributed by atoms with Gasteiger partial charge in [0, 0.05) is 10.9 Å². The molecule has 3 aliphatic carbocycles. The van der Waals surface area contributed by atoms with Crippen LogP contribution in [-0.4, -0.2) is 11.0 Å². The number of hydrogen-bond donors (Lipinski definition) is 1. The van der Waals surface area contributed by atoms with Crippen molar-refractivity contribution in [1.29, 1.82) is 0 Å². The molecule has 4 rings (SSSR count). The number of hydrogen-bond acceptors (Lipinski definition) is 3. The molecule has 0 spiro atoms. The molecule has 1 aromatic heterocycles. The molecule has 1 N–H and O–H groups in total. The third-order valence-electron chi connectivity index (χ3n) is 5.43. The number of aryl methyl sites for hydroxylation is 2. The minimum absolute atomic E-state index is 0.223. The quantitative estimate of drug-likeness (QED) is 0.845. The van der Waals surface area contributed by atoms with Gasteiger partial charge in [-0.05, 0) is 57.3 Å². The van der Waals surface area contributed by atoms with Gasteiger partial charge in [0.25, 0.3) is 0 Å². The summed E-state index contributed by atoms with van der Waals surface area (Å²) in [4.78, 5) is 6.68. The molecule has 2 unspecified atom stereocenters. The van der Waals surface area contributed by atoms with Gasteiger partial charge in [-0.15, -0.1) is 11.3 Å². The van der Waals surface area contributed by atoms with Crippen LogP contribution in [0.25, 0.3) is 0 Å². The van der Waals surface area contributed by atoms with E-state index in [2.05, 4.69) is 12.2 Å². The molecule has 20 heavy (non-hydrogen) atoms. The molecular weight excluding hydrogens is 264 g/mol. The third-order valence-corrected chi connectivity index (χ3v) is 6.79. The SMILES string of the molecule is CC1CCCC(NC2CC2)(c2nc3c(s2)CCC3)CC1. The summed E-state index contributed by atoms with van der Waals surface area (Å²) in [5.74, 6) is 0.893. The molecule has 0 bridgehead atoms. The van der Waals surface area contributed by atoms with Gasteiger partial charge in [-0.1, -0.05) is 19.8 Å². The highest BCUT2D eigenvalue weighted by atomic mass is 32.1. The summed E-state index contributed by atoms with van der Waals surface area (Å²) in [6.45, 7) is 2.43. The summed E-state index contributed by atoms with van der Waals surface area (Å²) >= 11 is 2.03. The Morgan fingerprint density at radius 1 is 1.10 bits per heavy atom. The van der Waals surface area contributed by atoms with Crippen molar-refractivity contribution in [2.24, 2.45) is 5.92 Å². The first-order chi connectivity index (χ1) is 9.75. The van der Waals surface area contributed by atoms with Gasteiger partial charge in [-0.2, -0.15) is 0 Å². The number of fused-ring (bicyclic) bond motifs is 1. The largest absolute Gasteiger partial charge is 0.303 e. The van der Waals surface area contributed by atoms with Crippen molar-refractivity contribution in [3.63, 3.8) is 0 Å². The first-order valence-corrected chi connectivity index (χ1v) is 9.34. The van der Waals surface area contributed by atoms with E-state index in [1.165, 1.54) is 74.9 Å². The monoisotopic (exact) mass is 290 g/mol. The zero-order chi connectivity index (χ0) is 13.6. The van der Waals surface area contributed by atoms with Crippen LogP contribution < -0.4 is 5.32 Å². The Morgan fingerprint density at radius 2 is 2.00 bits per heavy atom. The topological polar surface area (TPSA) is 24.9 Å². The normalized spacial score (nSPS) is 34.0. The Bertz CT molecular complexity index is 470. The zero-order valence-electron chi connectivity index (χ0n) is 12.6. The fraction of sp³-hybridized carbons (Fsp3) is 0.824. The molecule has 1 aromatic rings. The van der Waals surface area contributed by atoms with Crippen molar-refractivity contribution in [3.05, 3.63) is 15.6 Å². The minimum Gasteiger partial charge on any atom is -0.303 e. The van der Waals surface area contributed by atoms with E-state index in [0.717, 1.165) is 12.0 Å². The second-order valence-electron chi connectivity index (χ2n) is 7.28. The Labute approximate surface area is 126 Å². The average Bonchev–Trinajstić information content (AvgIpc) is 3.02. The van der Waals surface area contributed by atoms with Crippen molar-refractivity contribution in [3.8, 4) is 0 Å². The van der Waals surface area contributed by atoms with Crippen LogP contribution in [0, 0.1) is 5.92 Å². The van der Waals surface area contributed by atoms with E-state index in [-0.39, 0.29) is 5.54 Å². The molecule has 0 amide bonds. The number of thiazole rings is 1. The van der Waals surface area contributed by atoms with E-state index in [1.54, 1.807) is 4.88 Å². The fourth-order valence-electron chi connectivity index (χ4n) is 3.95. The molecule has 3 aliphatic rings. The van der Waals surface area contributed by atoms with Crippen molar-refractivity contribution in [1.82, 2.24) is 10.3 Å². The third kappa shape index (κ3) is 2.43. The maximum absolute atomic E-state index is 5.09. The lowest BCUT2D eigenvalue weighted by Gasteiger charge is -2.32. The average molecular weight is 290 g/mol. The maximum Gasteiger partial charge on any atom is 0.113 e. The summed E-state index contributed by atoms with van der Waals surface area (Å²) in [5.41, 5.74) is 1.65. The predicted molar refractivity (Wildman–Crippen MR) is 84.2 cm³/mol.